The lowest BCUT2D eigenvalue weighted by molar-refractivity contribution is -0.685. The van der Waals surface area contributed by atoms with Gasteiger partial charge in [-0.2, -0.15) is 29.3 Å². The Hall–Kier alpha value is -9.49. The van der Waals surface area contributed by atoms with E-state index < -0.39 is 11.1 Å². The number of H-pyrrole nitrogens is 2. The van der Waals surface area contributed by atoms with E-state index >= 15 is 0 Å². The third-order valence-electron chi connectivity index (χ3n) is 21.9. The summed E-state index contributed by atoms with van der Waals surface area (Å²) in [4.78, 5) is 82.1. The molecule has 1 atom stereocenters. The molecule has 5 amide bonds. The van der Waals surface area contributed by atoms with Crippen LogP contribution in [0.1, 0.15) is 394 Å². The van der Waals surface area contributed by atoms with Gasteiger partial charge in [0.1, 0.15) is 50.6 Å². The SMILES string of the molecule is CC(C)(C)N1C(=O)c2cn(C(C)(C)C)cc2C1=O.CC(C)c1cnc2n1C(C)(C)C(=O)N2C(C)C.CC(C)c1cnc2n1C(C)C(=O)N2C(C)C.CC(C)c1cnc2n1CC(=O)N2C(C)C.CC(C)c1csc2c(C(C)C)noc12.CC(C)c1n[nH]c2c(C(C)C)[nH]nc12.CC(C)c1nsc2c1sc[n+]2C(C)C.CC(C)n1ncc2c1cnn2C(C)C. The lowest BCUT2D eigenvalue weighted by atomic mass is 10.0. The van der Waals surface area contributed by atoms with Crippen molar-refractivity contribution < 1.29 is 33.1 Å². The number of imide groups is 1. The Bertz CT molecular complexity index is 5060. The van der Waals surface area contributed by atoms with Gasteiger partial charge >= 0.3 is 0 Å². The Morgan fingerprint density at radius 1 is 0.525 bits per heavy atom. The number of hydrogen-bond donors (Lipinski definition) is 2. The molecule has 0 fully saturated rings. The van der Waals surface area contributed by atoms with E-state index in [1.54, 1.807) is 50.0 Å². The topological polar surface area (TPSA) is 292 Å². The molecule has 12 aromatic heterocycles. The largest absolute Gasteiger partial charge is 0.355 e. The van der Waals surface area contributed by atoms with Crippen molar-refractivity contribution in [2.45, 2.75) is 369 Å². The van der Waals surface area contributed by atoms with Gasteiger partial charge in [-0.15, -0.1) is 11.3 Å². The molecule has 0 spiro atoms. The number of nitrogens with one attached hydrogen (secondary N) is 2. The average molecular weight is 1730 g/mol. The molecule has 28 nitrogen and oxygen atoms in total. The van der Waals surface area contributed by atoms with Crippen LogP contribution in [0.5, 0.6) is 0 Å². The van der Waals surface area contributed by atoms with Gasteiger partial charge < -0.3 is 18.2 Å². The van der Waals surface area contributed by atoms with Crippen LogP contribution in [-0.4, -0.2) is 141 Å². The van der Waals surface area contributed by atoms with Gasteiger partial charge in [-0.05, 0) is 192 Å². The second-order valence-electron chi connectivity index (χ2n) is 38.9. The van der Waals surface area contributed by atoms with Crippen LogP contribution in [0.3, 0.4) is 0 Å². The Balaban J connectivity index is 0.000000159. The van der Waals surface area contributed by atoms with Gasteiger partial charge in [0.2, 0.25) is 29.3 Å². The molecule has 0 radical (unpaired) electrons. The van der Waals surface area contributed by atoms with Gasteiger partial charge in [-0.3, -0.25) is 67.7 Å². The molecule has 1 unspecified atom stereocenters. The summed E-state index contributed by atoms with van der Waals surface area (Å²) >= 11 is 5.19. The highest BCUT2D eigenvalue weighted by Gasteiger charge is 2.48. The fraction of sp³-hybridized carbons (Fsp3) is 0.615. The van der Waals surface area contributed by atoms with E-state index in [9.17, 15) is 24.0 Å². The average Bonchev–Trinajstić information content (AvgIpc) is 1.57. The van der Waals surface area contributed by atoms with E-state index in [-0.39, 0.29) is 59.2 Å². The number of aromatic nitrogens is 18. The summed E-state index contributed by atoms with van der Waals surface area (Å²) in [6, 6.07) is 1.68. The van der Waals surface area contributed by atoms with Crippen LogP contribution in [0.15, 0.2) is 58.8 Å². The molecule has 0 saturated carbocycles. The van der Waals surface area contributed by atoms with Crippen molar-refractivity contribution in [3.05, 3.63) is 111 Å². The van der Waals surface area contributed by atoms with Crippen LogP contribution >= 0.6 is 34.2 Å². The first-order valence-electron chi connectivity index (χ1n) is 43.5. The van der Waals surface area contributed by atoms with Gasteiger partial charge in [0.25, 0.3) is 28.5 Å². The minimum absolute atomic E-state index is 0.114. The smallest absolute Gasteiger partial charge is 0.299 e. The molecule has 4 aliphatic rings. The summed E-state index contributed by atoms with van der Waals surface area (Å²) in [6.45, 7) is 77.4. The van der Waals surface area contributed by atoms with E-state index in [0.717, 1.165) is 79.7 Å². The molecule has 0 bridgehead atoms. The maximum Gasteiger partial charge on any atom is 0.299 e. The van der Waals surface area contributed by atoms with Crippen molar-refractivity contribution in [1.29, 1.82) is 0 Å². The van der Waals surface area contributed by atoms with Crippen LogP contribution in [0.25, 0.3) is 41.9 Å². The van der Waals surface area contributed by atoms with Gasteiger partial charge in [0, 0.05) is 93.8 Å². The van der Waals surface area contributed by atoms with E-state index in [4.69, 9.17) is 4.52 Å². The normalized spacial score (nSPS) is 15.1. The summed E-state index contributed by atoms with van der Waals surface area (Å²) in [6.07, 6.45) is 13.0. The Labute approximate surface area is 734 Å². The first kappa shape index (κ1) is 96.3. The molecule has 4 aliphatic heterocycles. The summed E-state index contributed by atoms with van der Waals surface area (Å²) < 4.78 is 26.9. The van der Waals surface area contributed by atoms with Gasteiger partial charge in [-0.25, -0.2) is 15.0 Å². The first-order valence-corrected chi connectivity index (χ1v) is 46.0. The number of imidazole rings is 3. The highest BCUT2D eigenvalue weighted by Crippen LogP contribution is 2.42. The van der Waals surface area contributed by atoms with Crippen molar-refractivity contribution >= 4 is 123 Å². The maximum absolute atomic E-state index is 12.4. The predicted molar refractivity (Wildman–Crippen MR) is 495 cm³/mol. The molecule has 666 valence electrons. The van der Waals surface area contributed by atoms with Gasteiger partial charge in [-0.1, -0.05) is 127 Å². The van der Waals surface area contributed by atoms with Crippen LogP contribution in [-0.2, 0) is 32.0 Å². The van der Waals surface area contributed by atoms with Gasteiger partial charge in [0.05, 0.1) is 63.9 Å². The Morgan fingerprint density at radius 2 is 1.03 bits per heavy atom. The van der Waals surface area contributed by atoms with Crippen molar-refractivity contribution in [2.24, 2.45) is 0 Å². The summed E-state index contributed by atoms with van der Waals surface area (Å²) in [5, 5.41) is 29.7. The number of rotatable bonds is 14. The minimum atomic E-state index is -0.518. The number of amides is 5. The lowest BCUT2D eigenvalue weighted by Crippen LogP contribution is -2.45. The molecule has 2 N–H and O–H groups in total. The molecule has 12 aromatic rings. The number of nitrogens with zero attached hydrogens (tertiary/aromatic N) is 20. The van der Waals surface area contributed by atoms with E-state index in [1.165, 1.54) is 30.4 Å². The monoisotopic (exact) mass is 1730 g/mol. The zero-order valence-corrected chi connectivity index (χ0v) is 82.1. The van der Waals surface area contributed by atoms with Crippen molar-refractivity contribution in [1.82, 2.24) is 87.6 Å². The Morgan fingerprint density at radius 3 is 1.50 bits per heavy atom. The van der Waals surface area contributed by atoms with Gasteiger partial charge in [0.15, 0.2) is 11.6 Å². The number of thiazole rings is 1. The van der Waals surface area contributed by atoms with Crippen molar-refractivity contribution in [2.75, 3.05) is 14.7 Å². The molecule has 0 aromatic carbocycles. The first-order chi connectivity index (χ1) is 56.7. The maximum atomic E-state index is 12.4. The number of aromatic amines is 2. The fourth-order valence-corrected chi connectivity index (χ4v) is 19.0. The zero-order chi connectivity index (χ0) is 91.2. The van der Waals surface area contributed by atoms with E-state index in [1.807, 2.05) is 165 Å². The molecule has 0 saturated heterocycles. The summed E-state index contributed by atoms with van der Waals surface area (Å²) in [5.74, 6) is 5.96. The lowest BCUT2D eigenvalue weighted by Gasteiger charge is -2.30. The second kappa shape index (κ2) is 37.9. The Kier molecular flexibility index (Phi) is 29.9. The van der Waals surface area contributed by atoms with Crippen LogP contribution in [0.2, 0.25) is 0 Å². The van der Waals surface area contributed by atoms with E-state index in [2.05, 4.69) is 232 Å². The number of carbonyl (C=O) groups is 5. The van der Waals surface area contributed by atoms with Crippen molar-refractivity contribution in [3.63, 3.8) is 0 Å². The van der Waals surface area contributed by atoms with E-state index in [0.29, 0.717) is 83.1 Å². The summed E-state index contributed by atoms with van der Waals surface area (Å²) in [7, 11) is 0. The third-order valence-corrected chi connectivity index (χ3v) is 24.9. The standard InChI is InChI=1S/C14H20N2O2.C13H21N3O.C12H19N3O.C11H17N3O.C11H15NOS.2C10H16N4.C10H15N2S2/c1-13(2,3)15-7-9-10(8-15)12(18)16(11(9)17)14(4,5)6;1-8(2)10-7-14-12-15(9(3)4)11(17)13(5,6)16(10)12;1-7(2)10-6-13-12-14(8(3)4)11(16)9(5)15(10)12;1-7(2)9-5-12-11-13(9)6-10(15)14(11)8(3)4;1-6(2)8-5-14-11-9(7(3)4)12-13-10(8)11;1-7(2)13-9-5-12-14(8(3)4)10(9)6-11-13;1-5(2)7-9-10(14-11-7)8(6(3)4)12-13-9;1-6(2)8-9-10(14-11-8)12(5-13-9)7(3)4/h7-8H,1-6H3;7-9H,1-6H3;6-9H,1-5H3;5,7-8H,6H2,1-4H3;5-7H,1-4H3;5-8H,1-4H3;5-6H,1-4H3,(H,11,14)(H,12,13);5-7H,1-4H3/q;;;;;;;+1. The number of thiophene rings is 1. The van der Waals surface area contributed by atoms with Crippen molar-refractivity contribution in [3.8, 4) is 0 Å². The predicted octanol–water partition coefficient (Wildman–Crippen LogP) is 21.6. The molecule has 16 rings (SSSR count). The third kappa shape index (κ3) is 19.4. The molecule has 16 heterocycles. The highest BCUT2D eigenvalue weighted by molar-refractivity contribution is 7.23. The van der Waals surface area contributed by atoms with Crippen LogP contribution in [0, 0.1) is 0 Å². The number of anilines is 3. The second-order valence-corrected chi connectivity index (χ2v) is 41.4. The number of fused-ring (bicyclic) bond motifs is 8. The molecular formula is C91H139N22O6S3+. The molecular weight excluding hydrogens is 1590 g/mol. The molecule has 31 heteroatoms. The molecule has 122 heavy (non-hydrogen) atoms. The highest BCUT2D eigenvalue weighted by atomic mass is 32.1. The van der Waals surface area contributed by atoms with Crippen LogP contribution < -0.4 is 19.3 Å². The zero-order valence-electron chi connectivity index (χ0n) is 79.7. The van der Waals surface area contributed by atoms with Crippen LogP contribution in [0.4, 0.5) is 17.8 Å². The minimum Gasteiger partial charge on any atom is -0.355 e. The summed E-state index contributed by atoms with van der Waals surface area (Å²) in [5.41, 5.74) is 16.6. The number of hydrogen-bond acceptors (Lipinski definition) is 18. The quantitative estimate of drug-likeness (QED) is 0.0755. The molecule has 0 aliphatic carbocycles. The fourth-order valence-electron chi connectivity index (χ4n) is 15.2. The number of carbonyl (C=O) groups excluding carboxylic acids is 5.